The number of rotatable bonds is 10. The first-order valence-electron chi connectivity index (χ1n) is 8.37. The van der Waals surface area contributed by atoms with Crippen molar-refractivity contribution in [2.75, 3.05) is 20.1 Å². The van der Waals surface area contributed by atoms with Gasteiger partial charge in [0, 0.05) is 13.1 Å². The molecule has 0 aromatic heterocycles. The maximum atomic E-state index is 10.9. The van der Waals surface area contributed by atoms with Crippen molar-refractivity contribution in [3.63, 3.8) is 0 Å². The van der Waals surface area contributed by atoms with Crippen LogP contribution in [0.5, 0.6) is 0 Å². The Bertz CT molecular complexity index is 629. The Kier molecular flexibility index (Phi) is 7.46. The highest BCUT2D eigenvalue weighted by Crippen LogP contribution is 2.09. The van der Waals surface area contributed by atoms with Crippen molar-refractivity contribution in [1.29, 1.82) is 0 Å². The molecule has 0 saturated carbocycles. The van der Waals surface area contributed by atoms with Crippen LogP contribution in [0, 0.1) is 0 Å². The molecular formula is C20H26N2O2. The topological polar surface area (TPSA) is 52.6 Å². The third kappa shape index (κ3) is 6.52. The molecule has 0 saturated heterocycles. The average molecular weight is 326 g/mol. The smallest absolute Gasteiger partial charge is 0.307 e. The summed E-state index contributed by atoms with van der Waals surface area (Å²) in [6.45, 7) is 3.62. The van der Waals surface area contributed by atoms with Crippen molar-refractivity contribution < 1.29 is 9.90 Å². The molecule has 2 aromatic carbocycles. The summed E-state index contributed by atoms with van der Waals surface area (Å²) < 4.78 is 0. The van der Waals surface area contributed by atoms with Gasteiger partial charge >= 0.3 is 5.97 Å². The molecule has 4 nitrogen and oxygen atoms in total. The van der Waals surface area contributed by atoms with E-state index in [2.05, 4.69) is 41.5 Å². The van der Waals surface area contributed by atoms with E-state index >= 15 is 0 Å². The van der Waals surface area contributed by atoms with Gasteiger partial charge < -0.3 is 15.3 Å². The molecule has 0 aliphatic carbocycles. The number of hydrogen-bond donors (Lipinski definition) is 2. The monoisotopic (exact) mass is 326 g/mol. The van der Waals surface area contributed by atoms with Crippen LogP contribution in [-0.2, 0) is 24.3 Å². The molecule has 0 amide bonds. The van der Waals surface area contributed by atoms with Crippen LogP contribution in [0.4, 0.5) is 0 Å². The number of nitrogens with one attached hydrogen (secondary N) is 1. The van der Waals surface area contributed by atoms with E-state index < -0.39 is 5.97 Å². The molecule has 4 heteroatoms. The predicted molar refractivity (Wildman–Crippen MR) is 96.9 cm³/mol. The summed E-state index contributed by atoms with van der Waals surface area (Å²) in [5.41, 5.74) is 3.28. The number of hydrogen-bond acceptors (Lipinski definition) is 3. The first-order valence-corrected chi connectivity index (χ1v) is 8.37. The second-order valence-electron chi connectivity index (χ2n) is 6.09. The van der Waals surface area contributed by atoms with Crippen molar-refractivity contribution >= 4 is 5.97 Å². The Balaban J connectivity index is 1.67. The molecule has 0 aliphatic heterocycles. The van der Waals surface area contributed by atoms with E-state index in [1.54, 1.807) is 0 Å². The number of aliphatic carboxylic acids is 1. The Morgan fingerprint density at radius 1 is 1.04 bits per heavy atom. The fraction of sp³-hybridized carbons (Fsp3) is 0.350. The summed E-state index contributed by atoms with van der Waals surface area (Å²) in [6, 6.07) is 18.2. The van der Waals surface area contributed by atoms with E-state index in [0.717, 1.165) is 37.2 Å². The third-order valence-electron chi connectivity index (χ3n) is 3.96. The SMILES string of the molecule is CN(CCCNCc1ccccc1CC(=O)O)Cc1ccccc1. The summed E-state index contributed by atoms with van der Waals surface area (Å²) >= 11 is 0. The van der Waals surface area contributed by atoms with E-state index in [4.69, 9.17) is 5.11 Å². The summed E-state index contributed by atoms with van der Waals surface area (Å²) in [4.78, 5) is 13.2. The van der Waals surface area contributed by atoms with Crippen LogP contribution in [0.15, 0.2) is 54.6 Å². The lowest BCUT2D eigenvalue weighted by molar-refractivity contribution is -0.136. The highest BCUT2D eigenvalue weighted by atomic mass is 16.4. The van der Waals surface area contributed by atoms with Gasteiger partial charge in [-0.3, -0.25) is 4.79 Å². The summed E-state index contributed by atoms with van der Waals surface area (Å²) in [5, 5.41) is 12.4. The van der Waals surface area contributed by atoms with Gasteiger partial charge in [0.15, 0.2) is 0 Å². The zero-order valence-electron chi connectivity index (χ0n) is 14.2. The van der Waals surface area contributed by atoms with Gasteiger partial charge in [0.05, 0.1) is 6.42 Å². The molecule has 0 bridgehead atoms. The van der Waals surface area contributed by atoms with E-state index in [1.807, 2.05) is 30.3 Å². The second kappa shape index (κ2) is 9.85. The van der Waals surface area contributed by atoms with Crippen LogP contribution < -0.4 is 5.32 Å². The zero-order chi connectivity index (χ0) is 17.2. The molecular weight excluding hydrogens is 300 g/mol. The third-order valence-corrected chi connectivity index (χ3v) is 3.96. The predicted octanol–water partition coefficient (Wildman–Crippen LogP) is 2.93. The van der Waals surface area contributed by atoms with E-state index in [-0.39, 0.29) is 6.42 Å². The summed E-state index contributed by atoms with van der Waals surface area (Å²) in [5.74, 6) is -0.787. The minimum absolute atomic E-state index is 0.0810. The molecule has 0 spiro atoms. The molecule has 24 heavy (non-hydrogen) atoms. The van der Waals surface area contributed by atoms with Crippen molar-refractivity contribution in [1.82, 2.24) is 10.2 Å². The van der Waals surface area contributed by atoms with Crippen LogP contribution in [-0.4, -0.2) is 36.1 Å². The van der Waals surface area contributed by atoms with Gasteiger partial charge in [0.1, 0.15) is 0 Å². The van der Waals surface area contributed by atoms with Crippen molar-refractivity contribution in [2.24, 2.45) is 0 Å². The van der Waals surface area contributed by atoms with Gasteiger partial charge in [0.25, 0.3) is 0 Å². The molecule has 2 aromatic rings. The van der Waals surface area contributed by atoms with E-state index in [0.29, 0.717) is 6.54 Å². The Hall–Kier alpha value is -2.17. The van der Waals surface area contributed by atoms with Crippen LogP contribution in [0.2, 0.25) is 0 Å². The number of benzene rings is 2. The molecule has 0 atom stereocenters. The Morgan fingerprint density at radius 3 is 2.42 bits per heavy atom. The maximum absolute atomic E-state index is 10.9. The first-order chi connectivity index (χ1) is 11.6. The summed E-state index contributed by atoms with van der Waals surface area (Å²) in [6.07, 6.45) is 1.14. The molecule has 2 N–H and O–H groups in total. The summed E-state index contributed by atoms with van der Waals surface area (Å²) in [7, 11) is 2.13. The lowest BCUT2D eigenvalue weighted by atomic mass is 10.0. The molecule has 0 heterocycles. The van der Waals surface area contributed by atoms with Crippen LogP contribution in [0.25, 0.3) is 0 Å². The average Bonchev–Trinajstić information content (AvgIpc) is 2.56. The Morgan fingerprint density at radius 2 is 1.71 bits per heavy atom. The van der Waals surface area contributed by atoms with Crippen molar-refractivity contribution in [3.8, 4) is 0 Å². The fourth-order valence-corrected chi connectivity index (χ4v) is 2.74. The van der Waals surface area contributed by atoms with Crippen LogP contribution in [0.1, 0.15) is 23.1 Å². The number of carboxylic acids is 1. The van der Waals surface area contributed by atoms with Crippen LogP contribution >= 0.6 is 0 Å². The maximum Gasteiger partial charge on any atom is 0.307 e. The largest absolute Gasteiger partial charge is 0.481 e. The lowest BCUT2D eigenvalue weighted by Gasteiger charge is -2.17. The lowest BCUT2D eigenvalue weighted by Crippen LogP contribution is -2.24. The fourth-order valence-electron chi connectivity index (χ4n) is 2.74. The quantitative estimate of drug-likeness (QED) is 0.659. The molecule has 0 radical (unpaired) electrons. The van der Waals surface area contributed by atoms with Gasteiger partial charge in [-0.2, -0.15) is 0 Å². The Labute approximate surface area is 144 Å². The van der Waals surface area contributed by atoms with Crippen molar-refractivity contribution in [2.45, 2.75) is 25.9 Å². The van der Waals surface area contributed by atoms with E-state index in [9.17, 15) is 4.79 Å². The molecule has 128 valence electrons. The van der Waals surface area contributed by atoms with Gasteiger partial charge in [0.2, 0.25) is 0 Å². The molecule has 2 rings (SSSR count). The minimum Gasteiger partial charge on any atom is -0.481 e. The van der Waals surface area contributed by atoms with Gasteiger partial charge in [-0.25, -0.2) is 0 Å². The number of nitrogens with zero attached hydrogens (tertiary/aromatic N) is 1. The number of carboxylic acid groups (broad SMARTS) is 1. The highest BCUT2D eigenvalue weighted by Gasteiger charge is 2.06. The van der Waals surface area contributed by atoms with E-state index in [1.165, 1.54) is 5.56 Å². The second-order valence-corrected chi connectivity index (χ2v) is 6.09. The molecule has 0 unspecified atom stereocenters. The van der Waals surface area contributed by atoms with Gasteiger partial charge in [-0.1, -0.05) is 54.6 Å². The molecule has 0 aliphatic rings. The standard InChI is InChI=1S/C20H26N2O2/c1-22(16-17-8-3-2-4-9-17)13-7-12-21-15-19-11-6-5-10-18(19)14-20(23)24/h2-6,8-11,21H,7,12-16H2,1H3,(H,23,24). The first kappa shape index (κ1) is 18.2. The normalized spacial score (nSPS) is 10.9. The minimum atomic E-state index is -0.787. The van der Waals surface area contributed by atoms with Gasteiger partial charge in [-0.05, 0) is 43.2 Å². The number of carbonyl (C=O) groups is 1. The highest BCUT2D eigenvalue weighted by molar-refractivity contribution is 5.70. The zero-order valence-corrected chi connectivity index (χ0v) is 14.2. The van der Waals surface area contributed by atoms with Crippen LogP contribution in [0.3, 0.4) is 0 Å². The van der Waals surface area contributed by atoms with Gasteiger partial charge in [-0.15, -0.1) is 0 Å². The molecule has 0 fully saturated rings. The van der Waals surface area contributed by atoms with Crippen molar-refractivity contribution in [3.05, 3.63) is 71.3 Å².